The topological polar surface area (TPSA) is 20.2 Å². The highest BCUT2D eigenvalue weighted by Crippen LogP contribution is 2.33. The van der Waals surface area contributed by atoms with Crippen LogP contribution in [-0.4, -0.2) is 5.11 Å². The summed E-state index contributed by atoms with van der Waals surface area (Å²) >= 11 is 5.77. The van der Waals surface area contributed by atoms with E-state index in [4.69, 9.17) is 11.6 Å². The van der Waals surface area contributed by atoms with Crippen molar-refractivity contribution < 1.29 is 13.9 Å². The second kappa shape index (κ2) is 4.91. The van der Waals surface area contributed by atoms with Gasteiger partial charge in [0.15, 0.2) is 11.6 Å². The van der Waals surface area contributed by atoms with E-state index in [1.807, 2.05) is 0 Å². The zero-order valence-corrected chi connectivity index (χ0v) is 11.3. The van der Waals surface area contributed by atoms with Crippen molar-refractivity contribution in [2.75, 3.05) is 0 Å². The molecule has 1 atom stereocenters. The lowest BCUT2D eigenvalue weighted by Gasteiger charge is -2.25. The van der Waals surface area contributed by atoms with Crippen molar-refractivity contribution in [3.63, 3.8) is 0 Å². The molecule has 2 aromatic carbocycles. The van der Waals surface area contributed by atoms with Crippen LogP contribution in [0.25, 0.3) is 0 Å². The molecule has 1 unspecified atom stereocenters. The molecule has 0 radical (unpaired) electrons. The summed E-state index contributed by atoms with van der Waals surface area (Å²) in [6.45, 7) is 2.89. The average Bonchev–Trinajstić information content (AvgIpc) is 2.36. The maximum atomic E-state index is 14.0. The fourth-order valence-corrected chi connectivity index (χ4v) is 2.08. The lowest BCUT2D eigenvalue weighted by molar-refractivity contribution is 0.0970. The molecule has 0 aliphatic heterocycles. The lowest BCUT2D eigenvalue weighted by atomic mass is 9.87. The van der Waals surface area contributed by atoms with Gasteiger partial charge in [0.1, 0.15) is 5.60 Å². The molecule has 0 saturated carbocycles. The van der Waals surface area contributed by atoms with Gasteiger partial charge in [0, 0.05) is 10.6 Å². The molecule has 0 spiro atoms. The van der Waals surface area contributed by atoms with Gasteiger partial charge in [0.2, 0.25) is 0 Å². The summed E-state index contributed by atoms with van der Waals surface area (Å²) in [6, 6.07) is 9.18. The summed E-state index contributed by atoms with van der Waals surface area (Å²) in [5.41, 5.74) is -1.08. The summed E-state index contributed by atoms with van der Waals surface area (Å²) < 4.78 is 27.6. The molecule has 1 N–H and O–H groups in total. The van der Waals surface area contributed by atoms with E-state index in [1.54, 1.807) is 24.3 Å². The molecule has 0 aliphatic carbocycles. The van der Waals surface area contributed by atoms with Crippen LogP contribution in [0.3, 0.4) is 0 Å². The third-order valence-electron chi connectivity index (χ3n) is 3.21. The molecule has 0 saturated heterocycles. The summed E-state index contributed by atoms with van der Waals surface area (Å²) in [6.07, 6.45) is 0. The van der Waals surface area contributed by atoms with Gasteiger partial charge in [-0.3, -0.25) is 0 Å². The second-order valence-corrected chi connectivity index (χ2v) is 5.07. The normalized spacial score (nSPS) is 14.2. The minimum absolute atomic E-state index is 0.0991. The maximum Gasteiger partial charge on any atom is 0.165 e. The van der Waals surface area contributed by atoms with E-state index in [1.165, 1.54) is 26.0 Å². The van der Waals surface area contributed by atoms with E-state index in [9.17, 15) is 13.9 Å². The smallest absolute Gasteiger partial charge is 0.165 e. The van der Waals surface area contributed by atoms with Gasteiger partial charge in [-0.15, -0.1) is 0 Å². The highest BCUT2D eigenvalue weighted by Gasteiger charge is 2.30. The predicted molar refractivity (Wildman–Crippen MR) is 71.2 cm³/mol. The molecule has 4 heteroatoms. The van der Waals surface area contributed by atoms with Gasteiger partial charge in [-0.1, -0.05) is 35.9 Å². The average molecular weight is 283 g/mol. The first-order valence-corrected chi connectivity index (χ1v) is 6.15. The Balaban J connectivity index is 2.56. The van der Waals surface area contributed by atoms with Gasteiger partial charge in [-0.05, 0) is 37.1 Å². The van der Waals surface area contributed by atoms with Gasteiger partial charge in [-0.2, -0.15) is 0 Å². The monoisotopic (exact) mass is 282 g/mol. The van der Waals surface area contributed by atoms with Crippen molar-refractivity contribution in [3.05, 3.63) is 69.7 Å². The van der Waals surface area contributed by atoms with E-state index in [0.29, 0.717) is 10.6 Å². The zero-order chi connectivity index (χ0) is 14.2. The molecule has 0 aromatic heterocycles. The molecule has 2 rings (SSSR count). The molecule has 0 amide bonds. The highest BCUT2D eigenvalue weighted by atomic mass is 35.5. The van der Waals surface area contributed by atoms with Crippen molar-refractivity contribution >= 4 is 11.6 Å². The van der Waals surface area contributed by atoms with Crippen LogP contribution in [-0.2, 0) is 5.60 Å². The molecule has 100 valence electrons. The first-order valence-electron chi connectivity index (χ1n) is 5.77. The summed E-state index contributed by atoms with van der Waals surface area (Å²) in [5, 5.41) is 11.0. The van der Waals surface area contributed by atoms with Crippen LogP contribution in [0, 0.1) is 18.6 Å². The number of halogens is 3. The third-order valence-corrected chi connectivity index (χ3v) is 3.46. The Labute approximate surface area is 115 Å². The summed E-state index contributed by atoms with van der Waals surface area (Å²) in [7, 11) is 0. The van der Waals surface area contributed by atoms with Crippen molar-refractivity contribution in [1.29, 1.82) is 0 Å². The fraction of sp³-hybridized carbons (Fsp3) is 0.200. The largest absolute Gasteiger partial charge is 0.381 e. The van der Waals surface area contributed by atoms with Crippen LogP contribution >= 0.6 is 11.6 Å². The molecule has 0 fully saturated rings. The highest BCUT2D eigenvalue weighted by molar-refractivity contribution is 6.30. The fourth-order valence-electron chi connectivity index (χ4n) is 1.95. The summed E-state index contributed by atoms with van der Waals surface area (Å²) in [5.74, 6) is -1.97. The molecule has 1 nitrogen and oxygen atoms in total. The lowest BCUT2D eigenvalue weighted by Crippen LogP contribution is -2.25. The van der Waals surface area contributed by atoms with Gasteiger partial charge >= 0.3 is 0 Å². The van der Waals surface area contributed by atoms with E-state index in [-0.39, 0.29) is 11.1 Å². The molecular weight excluding hydrogens is 270 g/mol. The minimum atomic E-state index is -1.62. The Morgan fingerprint density at radius 3 is 2.16 bits per heavy atom. The SMILES string of the molecule is Cc1ccc(C(C)(O)c2ccc(Cl)cc2)c(F)c1F. The number of aryl methyl sites for hydroxylation is 1. The van der Waals surface area contributed by atoms with E-state index in [0.717, 1.165) is 0 Å². The molecule has 0 heterocycles. The van der Waals surface area contributed by atoms with Gasteiger partial charge in [-0.25, -0.2) is 8.78 Å². The number of rotatable bonds is 2. The van der Waals surface area contributed by atoms with Crippen molar-refractivity contribution in [2.24, 2.45) is 0 Å². The van der Waals surface area contributed by atoms with Crippen LogP contribution < -0.4 is 0 Å². The van der Waals surface area contributed by atoms with Crippen molar-refractivity contribution in [2.45, 2.75) is 19.4 Å². The standard InChI is InChI=1S/C15H13ClF2O/c1-9-3-8-12(14(18)13(9)17)15(2,19)10-4-6-11(16)7-5-10/h3-8,19H,1-2H3. The van der Waals surface area contributed by atoms with Gasteiger partial charge in [0.25, 0.3) is 0 Å². The van der Waals surface area contributed by atoms with Gasteiger partial charge < -0.3 is 5.11 Å². The van der Waals surface area contributed by atoms with Crippen LogP contribution in [0.1, 0.15) is 23.6 Å². The van der Waals surface area contributed by atoms with Crippen LogP contribution in [0.2, 0.25) is 5.02 Å². The zero-order valence-electron chi connectivity index (χ0n) is 10.5. The second-order valence-electron chi connectivity index (χ2n) is 4.64. The Morgan fingerprint density at radius 2 is 1.58 bits per heavy atom. The Bertz CT molecular complexity index is 606. The number of aliphatic hydroxyl groups is 1. The van der Waals surface area contributed by atoms with Crippen LogP contribution in [0.15, 0.2) is 36.4 Å². The Kier molecular flexibility index (Phi) is 3.61. The summed E-state index contributed by atoms with van der Waals surface area (Å²) in [4.78, 5) is 0. The molecule has 0 bridgehead atoms. The first kappa shape index (κ1) is 14.0. The quantitative estimate of drug-likeness (QED) is 0.876. The van der Waals surface area contributed by atoms with Crippen molar-refractivity contribution in [3.8, 4) is 0 Å². The minimum Gasteiger partial charge on any atom is -0.381 e. The molecule has 0 aliphatic rings. The van der Waals surface area contributed by atoms with Crippen molar-refractivity contribution in [1.82, 2.24) is 0 Å². The molecule has 19 heavy (non-hydrogen) atoms. The molecular formula is C15H13ClF2O. The van der Waals surface area contributed by atoms with Crippen LogP contribution in [0.5, 0.6) is 0 Å². The van der Waals surface area contributed by atoms with Crippen LogP contribution in [0.4, 0.5) is 8.78 Å². The number of benzene rings is 2. The Hall–Kier alpha value is -1.45. The Morgan fingerprint density at radius 1 is 1.00 bits per heavy atom. The maximum absolute atomic E-state index is 14.0. The van der Waals surface area contributed by atoms with Gasteiger partial charge in [0.05, 0.1) is 0 Å². The van der Waals surface area contributed by atoms with E-state index >= 15 is 0 Å². The number of hydrogen-bond acceptors (Lipinski definition) is 1. The predicted octanol–water partition coefficient (Wildman–Crippen LogP) is 4.18. The van der Waals surface area contributed by atoms with E-state index in [2.05, 4.69) is 0 Å². The molecule has 2 aromatic rings. The van der Waals surface area contributed by atoms with E-state index < -0.39 is 17.2 Å². The number of hydrogen-bond donors (Lipinski definition) is 1. The third kappa shape index (κ3) is 2.48. The first-order chi connectivity index (χ1) is 8.84.